The van der Waals surface area contributed by atoms with Crippen LogP contribution in [-0.2, 0) is 13.2 Å². The zero-order chi connectivity index (χ0) is 18.6. The summed E-state index contributed by atoms with van der Waals surface area (Å²) in [5.74, 6) is -0.517. The molecule has 1 fully saturated rings. The van der Waals surface area contributed by atoms with Crippen molar-refractivity contribution in [3.05, 3.63) is 64.1 Å². The predicted molar refractivity (Wildman–Crippen MR) is 99.0 cm³/mol. The van der Waals surface area contributed by atoms with E-state index < -0.39 is 12.1 Å². The second kappa shape index (κ2) is 8.44. The molecule has 0 bridgehead atoms. The van der Waals surface area contributed by atoms with E-state index >= 15 is 0 Å². The monoisotopic (exact) mass is 427 g/mol. The van der Waals surface area contributed by atoms with Crippen LogP contribution in [0.1, 0.15) is 24.0 Å². The number of alkyl halides is 3. The fourth-order valence-electron chi connectivity index (χ4n) is 3.22. The molecular weight excluding hydrogens is 407 g/mol. The molecule has 1 atom stereocenters. The molecule has 0 spiro atoms. The summed E-state index contributed by atoms with van der Waals surface area (Å²) in [6.45, 7) is 1.72. The lowest BCUT2D eigenvalue weighted by Gasteiger charge is -2.33. The van der Waals surface area contributed by atoms with Crippen molar-refractivity contribution in [2.45, 2.75) is 32.2 Å². The summed E-state index contributed by atoms with van der Waals surface area (Å²) < 4.78 is 45.7. The van der Waals surface area contributed by atoms with Gasteiger partial charge >= 0.3 is 6.18 Å². The molecule has 0 saturated carbocycles. The van der Waals surface area contributed by atoms with Crippen LogP contribution in [0.5, 0.6) is 5.75 Å². The number of piperidine rings is 1. The molecule has 26 heavy (non-hydrogen) atoms. The van der Waals surface area contributed by atoms with Crippen molar-refractivity contribution in [2.75, 3.05) is 13.1 Å². The minimum absolute atomic E-state index is 0.0692. The molecule has 6 heteroatoms. The van der Waals surface area contributed by atoms with Crippen molar-refractivity contribution < 1.29 is 17.9 Å². The summed E-state index contributed by atoms with van der Waals surface area (Å²) in [5.41, 5.74) is 2.02. The highest BCUT2D eigenvalue weighted by Crippen LogP contribution is 2.34. The zero-order valence-electron chi connectivity index (χ0n) is 14.3. The van der Waals surface area contributed by atoms with Gasteiger partial charge in [0, 0.05) is 13.1 Å². The Balaban J connectivity index is 1.63. The second-order valence-corrected chi connectivity index (χ2v) is 7.51. The number of ether oxygens (including phenoxy) is 1. The molecule has 0 aliphatic carbocycles. The number of rotatable bonds is 5. The van der Waals surface area contributed by atoms with Crippen LogP contribution in [0.15, 0.2) is 53.0 Å². The van der Waals surface area contributed by atoms with Gasteiger partial charge in [-0.25, -0.2) is 0 Å². The molecule has 1 aliphatic heterocycles. The first-order valence-electron chi connectivity index (χ1n) is 8.66. The van der Waals surface area contributed by atoms with Gasteiger partial charge in [0.2, 0.25) is 0 Å². The van der Waals surface area contributed by atoms with Crippen LogP contribution in [0, 0.1) is 5.92 Å². The lowest BCUT2D eigenvalue weighted by Crippen LogP contribution is -2.41. The highest BCUT2D eigenvalue weighted by atomic mass is 79.9. The van der Waals surface area contributed by atoms with Crippen LogP contribution in [0.25, 0.3) is 0 Å². The first kappa shape index (κ1) is 19.2. The van der Waals surface area contributed by atoms with Crippen LogP contribution < -0.4 is 4.74 Å². The maximum Gasteiger partial charge on any atom is 0.393 e. The van der Waals surface area contributed by atoms with Gasteiger partial charge < -0.3 is 4.74 Å². The summed E-state index contributed by atoms with van der Waals surface area (Å²) in [6.07, 6.45) is -3.30. The van der Waals surface area contributed by atoms with Gasteiger partial charge in [0.05, 0.1) is 10.4 Å². The number of hydrogen-bond donors (Lipinski definition) is 0. The van der Waals surface area contributed by atoms with Crippen molar-refractivity contribution in [1.29, 1.82) is 0 Å². The quantitative estimate of drug-likeness (QED) is 0.597. The van der Waals surface area contributed by atoms with E-state index in [1.54, 1.807) is 0 Å². The van der Waals surface area contributed by atoms with Crippen LogP contribution >= 0.6 is 15.9 Å². The predicted octanol–water partition coefficient (Wildman–Crippen LogP) is 5.80. The summed E-state index contributed by atoms with van der Waals surface area (Å²) >= 11 is 3.48. The average molecular weight is 428 g/mol. The molecule has 0 N–H and O–H groups in total. The van der Waals surface area contributed by atoms with Gasteiger partial charge in [-0.15, -0.1) is 0 Å². The van der Waals surface area contributed by atoms with Crippen molar-refractivity contribution in [2.24, 2.45) is 5.92 Å². The third-order valence-corrected chi connectivity index (χ3v) is 5.26. The fraction of sp³-hybridized carbons (Fsp3) is 0.400. The van der Waals surface area contributed by atoms with Gasteiger partial charge in [0.1, 0.15) is 12.4 Å². The van der Waals surface area contributed by atoms with E-state index in [1.165, 1.54) is 0 Å². The van der Waals surface area contributed by atoms with Crippen LogP contribution in [-0.4, -0.2) is 24.2 Å². The highest BCUT2D eigenvalue weighted by Gasteiger charge is 2.41. The van der Waals surface area contributed by atoms with Crippen LogP contribution in [0.3, 0.4) is 0 Å². The third kappa shape index (κ3) is 5.24. The van der Waals surface area contributed by atoms with E-state index in [1.807, 2.05) is 53.4 Å². The topological polar surface area (TPSA) is 12.5 Å². The average Bonchev–Trinajstić information content (AvgIpc) is 2.62. The molecule has 0 radical (unpaired) electrons. The molecule has 0 amide bonds. The molecule has 3 rings (SSSR count). The molecule has 2 aromatic rings. The van der Waals surface area contributed by atoms with E-state index in [2.05, 4.69) is 15.9 Å². The fourth-order valence-corrected chi connectivity index (χ4v) is 3.58. The Morgan fingerprint density at radius 3 is 2.58 bits per heavy atom. The molecule has 2 nitrogen and oxygen atoms in total. The van der Waals surface area contributed by atoms with Gasteiger partial charge in [0.25, 0.3) is 0 Å². The number of benzene rings is 2. The van der Waals surface area contributed by atoms with E-state index in [0.29, 0.717) is 31.9 Å². The number of likely N-dealkylation sites (tertiary alicyclic amines) is 1. The molecule has 140 valence electrons. The van der Waals surface area contributed by atoms with Gasteiger partial charge in [-0.3, -0.25) is 4.90 Å². The van der Waals surface area contributed by atoms with Gasteiger partial charge in [-0.05, 0) is 58.6 Å². The van der Waals surface area contributed by atoms with Crippen molar-refractivity contribution in [3.63, 3.8) is 0 Å². The summed E-state index contributed by atoms with van der Waals surface area (Å²) in [5, 5.41) is 0. The van der Waals surface area contributed by atoms with Crippen LogP contribution in [0.4, 0.5) is 13.2 Å². The van der Waals surface area contributed by atoms with Gasteiger partial charge in [-0.2, -0.15) is 13.2 Å². The summed E-state index contributed by atoms with van der Waals surface area (Å²) in [7, 11) is 0. The maximum atomic E-state index is 13.0. The van der Waals surface area contributed by atoms with Crippen LogP contribution in [0.2, 0.25) is 0 Å². The third-order valence-electron chi connectivity index (χ3n) is 4.61. The Morgan fingerprint density at radius 1 is 1.08 bits per heavy atom. The SMILES string of the molecule is FC(F)(F)C1CCCN(Cc2ccc(Br)c(OCc3ccccc3)c2)C1. The smallest absolute Gasteiger partial charge is 0.393 e. The molecule has 1 unspecified atom stereocenters. The zero-order valence-corrected chi connectivity index (χ0v) is 15.9. The minimum Gasteiger partial charge on any atom is -0.488 e. The largest absolute Gasteiger partial charge is 0.488 e. The number of halogens is 4. The number of hydrogen-bond acceptors (Lipinski definition) is 2. The van der Waals surface area contributed by atoms with Gasteiger partial charge in [0.15, 0.2) is 0 Å². The Bertz CT molecular complexity index is 721. The summed E-state index contributed by atoms with van der Waals surface area (Å²) in [6, 6.07) is 15.6. The lowest BCUT2D eigenvalue weighted by atomic mass is 9.97. The Morgan fingerprint density at radius 2 is 1.85 bits per heavy atom. The number of nitrogens with zero attached hydrogens (tertiary/aromatic N) is 1. The molecular formula is C20H21BrF3NO. The van der Waals surface area contributed by atoms with E-state index in [4.69, 9.17) is 4.74 Å². The molecule has 1 heterocycles. The van der Waals surface area contributed by atoms with Crippen molar-refractivity contribution >= 4 is 15.9 Å². The lowest BCUT2D eigenvalue weighted by molar-refractivity contribution is -0.187. The molecule has 0 aromatic heterocycles. The van der Waals surface area contributed by atoms with E-state index in [-0.39, 0.29) is 13.0 Å². The molecule has 1 aliphatic rings. The Kier molecular flexibility index (Phi) is 6.24. The first-order chi connectivity index (χ1) is 12.4. The molecule has 1 saturated heterocycles. The van der Waals surface area contributed by atoms with Gasteiger partial charge in [-0.1, -0.05) is 36.4 Å². The van der Waals surface area contributed by atoms with Crippen molar-refractivity contribution in [3.8, 4) is 5.75 Å². The standard InChI is InChI=1S/C20H21BrF3NO/c21-18-9-8-16(11-19(18)26-14-15-5-2-1-3-6-15)12-25-10-4-7-17(13-25)20(22,23)24/h1-3,5-6,8-9,11,17H,4,7,10,12-14H2. The maximum absolute atomic E-state index is 13.0. The highest BCUT2D eigenvalue weighted by molar-refractivity contribution is 9.10. The van der Waals surface area contributed by atoms with E-state index in [0.717, 1.165) is 15.6 Å². The normalized spacial score (nSPS) is 18.7. The Hall–Kier alpha value is -1.53. The molecule has 2 aromatic carbocycles. The van der Waals surface area contributed by atoms with E-state index in [9.17, 15) is 13.2 Å². The van der Waals surface area contributed by atoms with Crippen molar-refractivity contribution in [1.82, 2.24) is 4.90 Å². The summed E-state index contributed by atoms with van der Waals surface area (Å²) in [4.78, 5) is 1.88. The first-order valence-corrected chi connectivity index (χ1v) is 9.45. The second-order valence-electron chi connectivity index (χ2n) is 6.65. The minimum atomic E-state index is -4.11. The Labute approximate surface area is 160 Å².